The van der Waals surface area contributed by atoms with E-state index in [-0.39, 0.29) is 36.8 Å². The van der Waals surface area contributed by atoms with Gasteiger partial charge >= 0.3 is 0 Å². The number of carbonyl (C=O) groups is 2. The van der Waals surface area contributed by atoms with E-state index < -0.39 is 0 Å². The predicted molar refractivity (Wildman–Crippen MR) is 111 cm³/mol. The standard InChI is InChI=1S/C21H31N3O2.ClH/c1-4-24(13-19(25)23-20-14(2)8-7-9-15(20)3)21(26)18-12-16-10-5-6-11-17(16)22-18;/h7-9,16-18,22H,4-6,10-13H2,1-3H3,(H,23,25);1H. The minimum absolute atomic E-state index is 0. The van der Waals surface area contributed by atoms with Crippen LogP contribution in [0.4, 0.5) is 5.69 Å². The second kappa shape index (κ2) is 9.56. The Kier molecular flexibility index (Phi) is 7.68. The first-order chi connectivity index (χ1) is 12.5. The molecule has 150 valence electrons. The molecule has 27 heavy (non-hydrogen) atoms. The number of nitrogens with zero attached hydrogens (tertiary/aromatic N) is 1. The van der Waals surface area contributed by atoms with Gasteiger partial charge in [0.2, 0.25) is 11.8 Å². The number of para-hydroxylation sites is 1. The molecule has 6 heteroatoms. The molecule has 3 atom stereocenters. The molecular formula is C21H32ClN3O2. The predicted octanol–water partition coefficient (Wildman–Crippen LogP) is 3.43. The van der Waals surface area contributed by atoms with E-state index in [1.54, 1.807) is 4.90 Å². The smallest absolute Gasteiger partial charge is 0.244 e. The number of halogens is 1. The van der Waals surface area contributed by atoms with Crippen molar-refractivity contribution < 1.29 is 9.59 Å². The molecule has 5 nitrogen and oxygen atoms in total. The van der Waals surface area contributed by atoms with Crippen LogP contribution in [-0.2, 0) is 9.59 Å². The molecule has 0 bridgehead atoms. The Morgan fingerprint density at radius 3 is 2.48 bits per heavy atom. The summed E-state index contributed by atoms with van der Waals surface area (Å²) in [4.78, 5) is 27.1. The molecule has 1 aromatic carbocycles. The number of aryl methyl sites for hydroxylation is 2. The molecule has 3 rings (SSSR count). The second-order valence-electron chi connectivity index (χ2n) is 7.77. The van der Waals surface area contributed by atoms with E-state index in [1.165, 1.54) is 25.7 Å². The molecular weight excluding hydrogens is 362 g/mol. The summed E-state index contributed by atoms with van der Waals surface area (Å²) >= 11 is 0. The van der Waals surface area contributed by atoms with E-state index in [9.17, 15) is 9.59 Å². The van der Waals surface area contributed by atoms with Crippen LogP contribution in [0, 0.1) is 19.8 Å². The summed E-state index contributed by atoms with van der Waals surface area (Å²) in [5.41, 5.74) is 2.93. The van der Waals surface area contributed by atoms with E-state index in [0.29, 0.717) is 18.5 Å². The van der Waals surface area contributed by atoms with Crippen LogP contribution in [0.15, 0.2) is 18.2 Å². The van der Waals surface area contributed by atoms with E-state index >= 15 is 0 Å². The molecule has 2 aliphatic rings. The zero-order chi connectivity index (χ0) is 18.7. The van der Waals surface area contributed by atoms with Gasteiger partial charge in [-0.2, -0.15) is 0 Å². The highest BCUT2D eigenvalue weighted by atomic mass is 35.5. The topological polar surface area (TPSA) is 61.4 Å². The molecule has 0 aromatic heterocycles. The van der Waals surface area contributed by atoms with Crippen molar-refractivity contribution in [1.29, 1.82) is 0 Å². The first kappa shape index (κ1) is 21.7. The van der Waals surface area contributed by atoms with Gasteiger partial charge in [0.05, 0.1) is 12.6 Å². The third-order valence-corrected chi connectivity index (χ3v) is 5.93. The summed E-state index contributed by atoms with van der Waals surface area (Å²) in [5.74, 6) is 0.561. The first-order valence-corrected chi connectivity index (χ1v) is 9.90. The van der Waals surface area contributed by atoms with E-state index in [1.807, 2.05) is 39.0 Å². The van der Waals surface area contributed by atoms with Crippen molar-refractivity contribution in [1.82, 2.24) is 10.2 Å². The third-order valence-electron chi connectivity index (χ3n) is 5.93. The molecule has 1 heterocycles. The summed E-state index contributed by atoms with van der Waals surface area (Å²) in [6.07, 6.45) is 5.84. The van der Waals surface area contributed by atoms with Crippen LogP contribution in [-0.4, -0.2) is 41.9 Å². The Morgan fingerprint density at radius 2 is 1.85 bits per heavy atom. The Bertz CT molecular complexity index is 645. The van der Waals surface area contributed by atoms with Gasteiger partial charge in [0, 0.05) is 18.3 Å². The summed E-state index contributed by atoms with van der Waals surface area (Å²) in [5, 5.41) is 6.51. The number of hydrogen-bond acceptors (Lipinski definition) is 3. The minimum atomic E-state index is -0.131. The average Bonchev–Trinajstić information content (AvgIpc) is 3.06. The van der Waals surface area contributed by atoms with Gasteiger partial charge in [0.15, 0.2) is 0 Å². The molecule has 2 fully saturated rings. The molecule has 0 spiro atoms. The lowest BCUT2D eigenvalue weighted by Crippen LogP contribution is -2.47. The van der Waals surface area contributed by atoms with Gasteiger partial charge in [-0.05, 0) is 57.1 Å². The van der Waals surface area contributed by atoms with E-state index in [4.69, 9.17) is 0 Å². The van der Waals surface area contributed by atoms with Gasteiger partial charge in [-0.25, -0.2) is 0 Å². The van der Waals surface area contributed by atoms with Crippen molar-refractivity contribution in [2.75, 3.05) is 18.4 Å². The third kappa shape index (κ3) is 5.02. The van der Waals surface area contributed by atoms with Crippen LogP contribution in [0.2, 0.25) is 0 Å². The van der Waals surface area contributed by atoms with Crippen molar-refractivity contribution in [3.8, 4) is 0 Å². The van der Waals surface area contributed by atoms with Gasteiger partial charge in [-0.3, -0.25) is 9.59 Å². The molecule has 1 aromatic rings. The molecule has 1 saturated heterocycles. The summed E-state index contributed by atoms with van der Waals surface area (Å²) in [6.45, 7) is 6.56. The number of rotatable bonds is 5. The molecule has 2 N–H and O–H groups in total. The van der Waals surface area contributed by atoms with Gasteiger partial charge in [-0.15, -0.1) is 12.4 Å². The lowest BCUT2D eigenvalue weighted by Gasteiger charge is -2.25. The lowest BCUT2D eigenvalue weighted by atomic mass is 9.85. The normalized spacial score (nSPS) is 23.9. The van der Waals surface area contributed by atoms with Gasteiger partial charge in [0.1, 0.15) is 0 Å². The average molecular weight is 394 g/mol. The molecule has 2 amide bonds. The van der Waals surface area contributed by atoms with Crippen molar-refractivity contribution in [3.05, 3.63) is 29.3 Å². The number of amides is 2. The van der Waals surface area contributed by atoms with Gasteiger partial charge in [0.25, 0.3) is 0 Å². The number of anilines is 1. The number of nitrogens with one attached hydrogen (secondary N) is 2. The van der Waals surface area contributed by atoms with Crippen molar-refractivity contribution >= 4 is 29.9 Å². The highest BCUT2D eigenvalue weighted by molar-refractivity contribution is 5.96. The first-order valence-electron chi connectivity index (χ1n) is 9.90. The number of hydrogen-bond donors (Lipinski definition) is 2. The Hall–Kier alpha value is -1.59. The fourth-order valence-electron chi connectivity index (χ4n) is 4.44. The maximum atomic E-state index is 12.9. The zero-order valence-corrected chi connectivity index (χ0v) is 17.4. The van der Waals surface area contributed by atoms with Crippen molar-refractivity contribution in [3.63, 3.8) is 0 Å². The van der Waals surface area contributed by atoms with Crippen LogP contribution in [0.3, 0.4) is 0 Å². The lowest BCUT2D eigenvalue weighted by molar-refractivity contribution is -0.136. The fourth-order valence-corrected chi connectivity index (χ4v) is 4.44. The molecule has 1 saturated carbocycles. The molecule has 3 unspecified atom stereocenters. The highest BCUT2D eigenvalue weighted by Gasteiger charge is 2.39. The molecule has 1 aliphatic heterocycles. The number of benzene rings is 1. The van der Waals surface area contributed by atoms with Crippen LogP contribution in [0.1, 0.15) is 50.2 Å². The molecule has 0 radical (unpaired) electrons. The van der Waals surface area contributed by atoms with E-state index in [0.717, 1.165) is 23.2 Å². The number of fused-ring (bicyclic) bond motifs is 1. The van der Waals surface area contributed by atoms with Gasteiger partial charge < -0.3 is 15.5 Å². The maximum Gasteiger partial charge on any atom is 0.244 e. The summed E-state index contributed by atoms with van der Waals surface area (Å²) < 4.78 is 0. The zero-order valence-electron chi connectivity index (χ0n) is 16.6. The van der Waals surface area contributed by atoms with Crippen LogP contribution >= 0.6 is 12.4 Å². The van der Waals surface area contributed by atoms with Crippen LogP contribution < -0.4 is 10.6 Å². The second-order valence-corrected chi connectivity index (χ2v) is 7.77. The largest absolute Gasteiger partial charge is 0.332 e. The van der Waals surface area contributed by atoms with Gasteiger partial charge in [-0.1, -0.05) is 31.0 Å². The highest BCUT2D eigenvalue weighted by Crippen LogP contribution is 2.33. The minimum Gasteiger partial charge on any atom is -0.332 e. The Labute approximate surface area is 168 Å². The van der Waals surface area contributed by atoms with Crippen molar-refractivity contribution in [2.24, 2.45) is 5.92 Å². The fraction of sp³-hybridized carbons (Fsp3) is 0.619. The Balaban J connectivity index is 0.00000261. The number of likely N-dealkylation sites (N-methyl/N-ethyl adjacent to an activating group) is 1. The monoisotopic (exact) mass is 393 g/mol. The van der Waals surface area contributed by atoms with Crippen LogP contribution in [0.25, 0.3) is 0 Å². The quantitative estimate of drug-likeness (QED) is 0.805. The summed E-state index contributed by atoms with van der Waals surface area (Å²) in [6, 6.07) is 6.30. The summed E-state index contributed by atoms with van der Waals surface area (Å²) in [7, 11) is 0. The Morgan fingerprint density at radius 1 is 1.19 bits per heavy atom. The molecule has 1 aliphatic carbocycles. The number of carbonyl (C=O) groups excluding carboxylic acids is 2. The van der Waals surface area contributed by atoms with Crippen LogP contribution in [0.5, 0.6) is 0 Å². The van der Waals surface area contributed by atoms with Crippen molar-refractivity contribution in [2.45, 2.75) is 65.0 Å². The maximum absolute atomic E-state index is 12.9. The van der Waals surface area contributed by atoms with E-state index in [2.05, 4.69) is 10.6 Å². The SMILES string of the molecule is CCN(CC(=O)Nc1c(C)cccc1C)C(=O)C1CC2CCCCC2N1.Cl.